The van der Waals surface area contributed by atoms with E-state index in [4.69, 9.17) is 0 Å². The number of fused-ring (bicyclic) bond motifs is 2. The summed E-state index contributed by atoms with van der Waals surface area (Å²) in [6.45, 7) is 2.92. The molecule has 0 amide bonds. The molecular weight excluding hydrogens is 460 g/mol. The van der Waals surface area contributed by atoms with Crippen molar-refractivity contribution in [1.82, 2.24) is 10.3 Å². The van der Waals surface area contributed by atoms with E-state index in [1.54, 1.807) is 11.3 Å². The lowest BCUT2D eigenvalue weighted by Crippen LogP contribution is -2.14. The standard InChI is InChI=1S/C31H30N4S/c32-20-24-11-14-31-27(19-24)28(22-36-31)25-12-9-23(10-13-25)21-33-16-5-1-2-6-17-34-30-15-18-35-29-8-4-3-7-26(29)30/h3-4,7-15,18-19,22,33H,1-2,5-6,16-17,21H2,(H,34,35). The van der Waals surface area contributed by atoms with Crippen LogP contribution in [0.4, 0.5) is 5.69 Å². The van der Waals surface area contributed by atoms with Crippen LogP contribution in [0.5, 0.6) is 0 Å². The maximum atomic E-state index is 9.22. The zero-order chi connectivity index (χ0) is 24.6. The highest BCUT2D eigenvalue weighted by Crippen LogP contribution is 2.34. The summed E-state index contributed by atoms with van der Waals surface area (Å²) >= 11 is 1.73. The van der Waals surface area contributed by atoms with Crippen LogP contribution in [0.2, 0.25) is 0 Å². The Labute approximate surface area is 216 Å². The van der Waals surface area contributed by atoms with E-state index in [-0.39, 0.29) is 0 Å². The molecule has 2 aromatic heterocycles. The Balaban J connectivity index is 1.00. The van der Waals surface area contributed by atoms with E-state index in [2.05, 4.69) is 75.6 Å². The highest BCUT2D eigenvalue weighted by molar-refractivity contribution is 7.17. The Morgan fingerprint density at radius 2 is 1.67 bits per heavy atom. The summed E-state index contributed by atoms with van der Waals surface area (Å²) in [5, 5.41) is 20.9. The fraction of sp³-hybridized carbons (Fsp3) is 0.226. The van der Waals surface area contributed by atoms with Crippen LogP contribution in [-0.4, -0.2) is 18.1 Å². The molecule has 5 aromatic rings. The van der Waals surface area contributed by atoms with E-state index in [9.17, 15) is 5.26 Å². The molecule has 36 heavy (non-hydrogen) atoms. The molecule has 0 saturated carbocycles. The van der Waals surface area contributed by atoms with Gasteiger partial charge in [0.1, 0.15) is 0 Å². The molecular formula is C31H30N4S. The quantitative estimate of drug-likeness (QED) is 0.186. The number of nitriles is 1. The van der Waals surface area contributed by atoms with Crippen molar-refractivity contribution < 1.29 is 0 Å². The molecule has 5 heteroatoms. The number of pyridine rings is 1. The maximum absolute atomic E-state index is 9.22. The first-order valence-corrected chi connectivity index (χ1v) is 13.5. The smallest absolute Gasteiger partial charge is 0.0991 e. The molecule has 0 atom stereocenters. The third-order valence-electron chi connectivity index (χ3n) is 6.54. The molecule has 2 heterocycles. The summed E-state index contributed by atoms with van der Waals surface area (Å²) in [6, 6.07) is 27.3. The Morgan fingerprint density at radius 3 is 2.53 bits per heavy atom. The van der Waals surface area contributed by atoms with Gasteiger partial charge >= 0.3 is 0 Å². The lowest BCUT2D eigenvalue weighted by molar-refractivity contribution is 0.593. The lowest BCUT2D eigenvalue weighted by atomic mass is 10.0. The van der Waals surface area contributed by atoms with E-state index >= 15 is 0 Å². The molecule has 0 spiro atoms. The minimum Gasteiger partial charge on any atom is -0.384 e. The predicted octanol–water partition coefficient (Wildman–Crippen LogP) is 7.75. The van der Waals surface area contributed by atoms with Gasteiger partial charge in [0.25, 0.3) is 0 Å². The number of para-hydroxylation sites is 1. The normalized spacial score (nSPS) is 11.1. The summed E-state index contributed by atoms with van der Waals surface area (Å²) in [7, 11) is 0. The minimum atomic E-state index is 0.710. The van der Waals surface area contributed by atoms with Crippen LogP contribution in [0.15, 0.2) is 84.4 Å². The van der Waals surface area contributed by atoms with Crippen LogP contribution in [0, 0.1) is 11.3 Å². The molecule has 0 aliphatic heterocycles. The van der Waals surface area contributed by atoms with Gasteiger partial charge in [-0.1, -0.05) is 55.3 Å². The minimum absolute atomic E-state index is 0.710. The molecule has 5 rings (SSSR count). The van der Waals surface area contributed by atoms with Gasteiger partial charge in [-0.2, -0.15) is 5.26 Å². The lowest BCUT2D eigenvalue weighted by Gasteiger charge is -2.09. The van der Waals surface area contributed by atoms with Crippen LogP contribution in [0.25, 0.3) is 32.1 Å². The first kappa shape index (κ1) is 24.0. The van der Waals surface area contributed by atoms with Crippen molar-refractivity contribution in [3.05, 3.63) is 95.5 Å². The zero-order valence-electron chi connectivity index (χ0n) is 20.3. The van der Waals surface area contributed by atoms with Crippen molar-refractivity contribution >= 4 is 38.0 Å². The fourth-order valence-corrected chi connectivity index (χ4v) is 5.51. The van der Waals surface area contributed by atoms with Gasteiger partial charge in [-0.25, -0.2) is 0 Å². The fourth-order valence-electron chi connectivity index (χ4n) is 4.56. The molecule has 0 aliphatic rings. The van der Waals surface area contributed by atoms with Gasteiger partial charge in [0.05, 0.1) is 17.1 Å². The van der Waals surface area contributed by atoms with Gasteiger partial charge in [-0.3, -0.25) is 4.98 Å². The van der Waals surface area contributed by atoms with Gasteiger partial charge in [0, 0.05) is 46.0 Å². The van der Waals surface area contributed by atoms with E-state index < -0.39 is 0 Å². The molecule has 0 radical (unpaired) electrons. The van der Waals surface area contributed by atoms with Crippen molar-refractivity contribution in [2.75, 3.05) is 18.4 Å². The number of aromatic nitrogens is 1. The molecule has 4 nitrogen and oxygen atoms in total. The highest BCUT2D eigenvalue weighted by Gasteiger charge is 2.08. The van der Waals surface area contributed by atoms with E-state index in [0.29, 0.717) is 5.56 Å². The summed E-state index contributed by atoms with van der Waals surface area (Å²) in [5.74, 6) is 0. The zero-order valence-corrected chi connectivity index (χ0v) is 21.2. The molecule has 180 valence electrons. The van der Waals surface area contributed by atoms with Gasteiger partial charge in [0.2, 0.25) is 0 Å². The molecule has 0 unspecified atom stereocenters. The summed E-state index contributed by atoms with van der Waals surface area (Å²) in [4.78, 5) is 4.43. The number of anilines is 1. The third kappa shape index (κ3) is 5.73. The number of nitrogens with one attached hydrogen (secondary N) is 2. The van der Waals surface area contributed by atoms with Gasteiger partial charge in [-0.15, -0.1) is 11.3 Å². The van der Waals surface area contributed by atoms with Gasteiger partial charge < -0.3 is 10.6 Å². The second-order valence-electron chi connectivity index (χ2n) is 9.06. The monoisotopic (exact) mass is 490 g/mol. The second-order valence-corrected chi connectivity index (χ2v) is 9.97. The molecule has 0 saturated heterocycles. The average molecular weight is 491 g/mol. The Bertz CT molecular complexity index is 1480. The number of hydrogen-bond donors (Lipinski definition) is 2. The first-order chi connectivity index (χ1) is 17.8. The number of thiophene rings is 1. The largest absolute Gasteiger partial charge is 0.384 e. The van der Waals surface area contributed by atoms with Crippen molar-refractivity contribution in [2.24, 2.45) is 0 Å². The molecule has 0 fully saturated rings. The van der Waals surface area contributed by atoms with Crippen LogP contribution < -0.4 is 10.6 Å². The number of rotatable bonds is 11. The van der Waals surface area contributed by atoms with Crippen molar-refractivity contribution in [3.8, 4) is 17.2 Å². The Morgan fingerprint density at radius 1 is 0.833 bits per heavy atom. The molecule has 0 bridgehead atoms. The average Bonchev–Trinajstić information content (AvgIpc) is 3.35. The van der Waals surface area contributed by atoms with Crippen molar-refractivity contribution in [1.29, 1.82) is 5.26 Å². The first-order valence-electron chi connectivity index (χ1n) is 12.6. The van der Waals surface area contributed by atoms with Gasteiger partial charge in [-0.05, 0) is 66.2 Å². The van der Waals surface area contributed by atoms with E-state index in [1.807, 2.05) is 30.5 Å². The summed E-state index contributed by atoms with van der Waals surface area (Å²) in [5.41, 5.74) is 6.63. The maximum Gasteiger partial charge on any atom is 0.0991 e. The molecule has 0 aliphatic carbocycles. The summed E-state index contributed by atoms with van der Waals surface area (Å²) < 4.78 is 1.22. The molecule has 2 N–H and O–H groups in total. The number of unbranched alkanes of at least 4 members (excludes halogenated alkanes) is 3. The van der Waals surface area contributed by atoms with E-state index in [0.717, 1.165) is 30.5 Å². The van der Waals surface area contributed by atoms with Crippen LogP contribution >= 0.6 is 11.3 Å². The Kier molecular flexibility index (Phi) is 7.87. The highest BCUT2D eigenvalue weighted by atomic mass is 32.1. The van der Waals surface area contributed by atoms with Crippen LogP contribution in [-0.2, 0) is 6.54 Å². The van der Waals surface area contributed by atoms with Crippen LogP contribution in [0.1, 0.15) is 36.8 Å². The SMILES string of the molecule is N#Cc1ccc2scc(-c3ccc(CNCCCCCCNc4ccnc5ccccc45)cc3)c2c1. The van der Waals surface area contributed by atoms with Crippen molar-refractivity contribution in [2.45, 2.75) is 32.2 Å². The number of benzene rings is 3. The second kappa shape index (κ2) is 11.8. The Hall–Kier alpha value is -3.72. The molecule has 3 aromatic carbocycles. The van der Waals surface area contributed by atoms with Gasteiger partial charge in [0.15, 0.2) is 0 Å². The number of hydrogen-bond acceptors (Lipinski definition) is 5. The number of nitrogens with zero attached hydrogens (tertiary/aromatic N) is 2. The van der Waals surface area contributed by atoms with Crippen molar-refractivity contribution in [3.63, 3.8) is 0 Å². The van der Waals surface area contributed by atoms with Crippen LogP contribution in [0.3, 0.4) is 0 Å². The third-order valence-corrected chi connectivity index (χ3v) is 7.50. The predicted molar refractivity (Wildman–Crippen MR) is 152 cm³/mol. The van der Waals surface area contributed by atoms with E-state index in [1.165, 1.54) is 58.1 Å². The summed E-state index contributed by atoms with van der Waals surface area (Å²) in [6.07, 6.45) is 6.71. The topological polar surface area (TPSA) is 60.7 Å².